The van der Waals surface area contributed by atoms with Crippen molar-refractivity contribution in [1.29, 1.82) is 0 Å². The molecule has 0 aromatic heterocycles. The molecule has 6 heteroatoms. The summed E-state index contributed by atoms with van der Waals surface area (Å²) >= 11 is 0. The maximum absolute atomic E-state index is 11.5. The monoisotopic (exact) mass is 432 g/mol. The smallest absolute Gasteiger partial charge is 0.264 e. The molecule has 2 rings (SSSR count). The van der Waals surface area contributed by atoms with E-state index in [4.69, 9.17) is 8.61 Å². The molecule has 0 aliphatic rings. The van der Waals surface area contributed by atoms with Crippen molar-refractivity contribution in [1.82, 2.24) is 0 Å². The first-order valence-electron chi connectivity index (χ1n) is 9.80. The number of rotatable bonds is 10. The van der Waals surface area contributed by atoms with E-state index in [-0.39, 0.29) is 17.6 Å². The van der Waals surface area contributed by atoms with Crippen LogP contribution >= 0.6 is 0 Å². The fourth-order valence-corrected chi connectivity index (χ4v) is 8.72. The molecule has 0 spiro atoms. The predicted octanol–water partition coefficient (Wildman–Crippen LogP) is 3.73. The van der Waals surface area contributed by atoms with Gasteiger partial charge >= 0.3 is 0 Å². The summed E-state index contributed by atoms with van der Waals surface area (Å²) in [5, 5.41) is 2.26. The number of allylic oxidation sites excluding steroid dienone is 1. The Balaban J connectivity index is 2.46. The van der Waals surface area contributed by atoms with Gasteiger partial charge in [0.15, 0.2) is 0 Å². The topological polar surface area (TPSA) is 52.6 Å². The van der Waals surface area contributed by atoms with Gasteiger partial charge in [0.05, 0.1) is 12.9 Å². The van der Waals surface area contributed by atoms with Gasteiger partial charge < -0.3 is 4.43 Å². The van der Waals surface area contributed by atoms with Crippen molar-refractivity contribution in [3.63, 3.8) is 0 Å². The maximum atomic E-state index is 11.5. The van der Waals surface area contributed by atoms with E-state index >= 15 is 0 Å². The largest absolute Gasteiger partial charge is 0.407 e. The lowest BCUT2D eigenvalue weighted by atomic mass is 10.1. The summed E-state index contributed by atoms with van der Waals surface area (Å²) < 4.78 is 34.9. The Labute approximate surface area is 176 Å². The number of benzene rings is 2. The first kappa shape index (κ1) is 23.5. The molecule has 0 amide bonds. The predicted molar refractivity (Wildman–Crippen MR) is 123 cm³/mol. The van der Waals surface area contributed by atoms with Gasteiger partial charge in [-0.25, -0.2) is 0 Å². The first-order chi connectivity index (χ1) is 13.6. The molecule has 0 aliphatic heterocycles. The normalized spacial score (nSPS) is 13.8. The van der Waals surface area contributed by atoms with Gasteiger partial charge in [-0.3, -0.25) is 4.18 Å². The van der Waals surface area contributed by atoms with Gasteiger partial charge in [-0.15, -0.1) is 6.58 Å². The fourth-order valence-electron chi connectivity index (χ4n) is 3.64. The Morgan fingerprint density at radius 1 is 0.966 bits per heavy atom. The summed E-state index contributed by atoms with van der Waals surface area (Å²) in [7, 11) is -6.16. The van der Waals surface area contributed by atoms with E-state index < -0.39 is 18.4 Å². The summed E-state index contributed by atoms with van der Waals surface area (Å²) in [4.78, 5) is 0. The lowest BCUT2D eigenvalue weighted by molar-refractivity contribution is 0.175. The van der Waals surface area contributed by atoms with Gasteiger partial charge in [-0.2, -0.15) is 8.42 Å². The highest BCUT2D eigenvalue weighted by atomic mass is 32.2. The molecule has 158 valence electrons. The summed E-state index contributed by atoms with van der Waals surface area (Å²) in [6.45, 7) is 10.9. The molecule has 0 radical (unpaired) electrons. The molecule has 0 heterocycles. The highest BCUT2D eigenvalue weighted by Gasteiger charge is 2.50. The molecule has 4 nitrogen and oxygen atoms in total. The molecule has 0 saturated carbocycles. The minimum absolute atomic E-state index is 0.0864. The molecule has 2 aromatic rings. The molecule has 0 N–H and O–H groups in total. The SMILES string of the molecule is C=CCC(CO[Si](c1ccccc1)(c1ccccc1)C(C)(C)C)COS(C)(=O)=O. The van der Waals surface area contributed by atoms with E-state index in [1.807, 2.05) is 36.4 Å². The van der Waals surface area contributed by atoms with Crippen molar-refractivity contribution < 1.29 is 17.0 Å². The van der Waals surface area contributed by atoms with Crippen LogP contribution in [0.5, 0.6) is 0 Å². The van der Waals surface area contributed by atoms with Gasteiger partial charge in [-0.1, -0.05) is 87.5 Å². The van der Waals surface area contributed by atoms with E-state index in [1.54, 1.807) is 6.08 Å². The van der Waals surface area contributed by atoms with Crippen LogP contribution in [-0.2, 0) is 18.7 Å². The van der Waals surface area contributed by atoms with Crippen LogP contribution in [0.2, 0.25) is 5.04 Å². The average Bonchev–Trinajstić information content (AvgIpc) is 2.66. The number of hydrogen-bond acceptors (Lipinski definition) is 4. The molecule has 2 aromatic carbocycles. The number of hydrogen-bond donors (Lipinski definition) is 0. The van der Waals surface area contributed by atoms with Crippen molar-refractivity contribution >= 4 is 28.8 Å². The Bertz CT molecular complexity index is 835. The average molecular weight is 433 g/mol. The molecule has 29 heavy (non-hydrogen) atoms. The zero-order valence-corrected chi connectivity index (χ0v) is 19.6. The van der Waals surface area contributed by atoms with Crippen LogP contribution in [0.4, 0.5) is 0 Å². The molecular weight excluding hydrogens is 400 g/mol. The second-order valence-electron chi connectivity index (χ2n) is 8.35. The second kappa shape index (κ2) is 9.85. The van der Waals surface area contributed by atoms with Crippen LogP contribution in [0.3, 0.4) is 0 Å². The molecule has 0 bridgehead atoms. The van der Waals surface area contributed by atoms with E-state index in [9.17, 15) is 8.42 Å². The lowest BCUT2D eigenvalue weighted by Gasteiger charge is -2.43. The van der Waals surface area contributed by atoms with Gasteiger partial charge in [0.25, 0.3) is 18.4 Å². The third-order valence-electron chi connectivity index (χ3n) is 4.97. The van der Waals surface area contributed by atoms with Crippen LogP contribution in [0.15, 0.2) is 73.3 Å². The molecule has 0 saturated heterocycles. The summed E-state index contributed by atoms with van der Waals surface area (Å²) in [5.74, 6) is -0.0936. The van der Waals surface area contributed by atoms with E-state index in [0.717, 1.165) is 6.26 Å². The minimum Gasteiger partial charge on any atom is -0.407 e. The van der Waals surface area contributed by atoms with E-state index in [0.29, 0.717) is 13.0 Å². The highest BCUT2D eigenvalue weighted by Crippen LogP contribution is 2.37. The molecular formula is C23H32O4SSi. The Morgan fingerprint density at radius 3 is 1.83 bits per heavy atom. The molecule has 1 unspecified atom stereocenters. The van der Waals surface area contributed by atoms with Crippen molar-refractivity contribution in [3.8, 4) is 0 Å². The van der Waals surface area contributed by atoms with Gasteiger partial charge in [0.1, 0.15) is 0 Å². The molecule has 1 atom stereocenters. The minimum atomic E-state index is -3.50. The Morgan fingerprint density at radius 2 is 1.45 bits per heavy atom. The zero-order valence-electron chi connectivity index (χ0n) is 17.8. The Kier molecular flexibility index (Phi) is 7.99. The quantitative estimate of drug-likeness (QED) is 0.326. The van der Waals surface area contributed by atoms with Crippen LogP contribution in [-0.4, -0.2) is 36.2 Å². The van der Waals surface area contributed by atoms with E-state index in [1.165, 1.54) is 10.4 Å². The standard InChI is InChI=1S/C23H32O4SSi/c1-6-13-20(18-26-28(5,24)25)19-27-29(23(2,3)4,21-14-9-7-10-15-21)22-16-11-8-12-17-22/h6-12,14-17,20H,1,13,18-19H2,2-5H3. The molecule has 0 fully saturated rings. The van der Waals surface area contributed by atoms with Crippen LogP contribution in [0.1, 0.15) is 27.2 Å². The van der Waals surface area contributed by atoms with Crippen LogP contribution in [0, 0.1) is 5.92 Å². The third-order valence-corrected chi connectivity index (χ3v) is 10.5. The van der Waals surface area contributed by atoms with Gasteiger partial charge in [-0.05, 0) is 21.8 Å². The van der Waals surface area contributed by atoms with Crippen LogP contribution in [0.25, 0.3) is 0 Å². The maximum Gasteiger partial charge on any atom is 0.264 e. The first-order valence-corrected chi connectivity index (χ1v) is 13.5. The summed E-state index contributed by atoms with van der Waals surface area (Å²) in [5.41, 5.74) is 0. The van der Waals surface area contributed by atoms with E-state index in [2.05, 4.69) is 51.6 Å². The van der Waals surface area contributed by atoms with Crippen molar-refractivity contribution in [2.75, 3.05) is 19.5 Å². The van der Waals surface area contributed by atoms with Crippen molar-refractivity contribution in [2.24, 2.45) is 5.92 Å². The van der Waals surface area contributed by atoms with Crippen molar-refractivity contribution in [3.05, 3.63) is 73.3 Å². The zero-order chi connectivity index (χ0) is 21.5. The second-order valence-corrected chi connectivity index (χ2v) is 14.3. The molecule has 0 aliphatic carbocycles. The highest BCUT2D eigenvalue weighted by molar-refractivity contribution is 7.85. The Hall–Kier alpha value is -1.73. The lowest BCUT2D eigenvalue weighted by Crippen LogP contribution is -2.67. The fraction of sp³-hybridized carbons (Fsp3) is 0.391. The summed E-state index contributed by atoms with van der Waals surface area (Å²) in [6, 6.07) is 20.8. The van der Waals surface area contributed by atoms with Gasteiger partial charge in [0.2, 0.25) is 0 Å². The van der Waals surface area contributed by atoms with Crippen LogP contribution < -0.4 is 10.4 Å². The third kappa shape index (κ3) is 6.12. The van der Waals surface area contributed by atoms with Gasteiger partial charge in [0, 0.05) is 12.5 Å². The summed E-state index contributed by atoms with van der Waals surface area (Å²) in [6.07, 6.45) is 3.47. The van der Waals surface area contributed by atoms with Crippen molar-refractivity contribution in [2.45, 2.75) is 32.2 Å².